The lowest BCUT2D eigenvalue weighted by Gasteiger charge is -2.12. The number of benzene rings is 1. The summed E-state index contributed by atoms with van der Waals surface area (Å²) in [7, 11) is -3.44. The molecule has 112 valence electrons. The molecule has 1 atom stereocenters. The van der Waals surface area contributed by atoms with Gasteiger partial charge < -0.3 is 10.5 Å². The first-order valence-electron chi connectivity index (χ1n) is 6.66. The van der Waals surface area contributed by atoms with E-state index in [0.29, 0.717) is 12.2 Å². The molecular formula is C13H20N2O3S2. The highest BCUT2D eigenvalue weighted by Gasteiger charge is 2.18. The Bertz CT molecular complexity index is 555. The van der Waals surface area contributed by atoms with E-state index in [0.717, 1.165) is 30.1 Å². The molecule has 1 unspecified atom stereocenters. The number of nitrogens with two attached hydrogens (primary N) is 1. The van der Waals surface area contributed by atoms with E-state index in [-0.39, 0.29) is 11.0 Å². The Hall–Kier alpha value is -0.760. The predicted octanol–water partition coefficient (Wildman–Crippen LogP) is 1.84. The molecule has 1 aliphatic rings. The number of hydrogen-bond donors (Lipinski definition) is 2. The Morgan fingerprint density at radius 1 is 1.50 bits per heavy atom. The van der Waals surface area contributed by atoms with Crippen molar-refractivity contribution in [1.82, 2.24) is 4.72 Å². The van der Waals surface area contributed by atoms with Crippen LogP contribution >= 0.6 is 11.8 Å². The molecule has 1 saturated heterocycles. The van der Waals surface area contributed by atoms with Gasteiger partial charge in [0.1, 0.15) is 0 Å². The Balaban J connectivity index is 2.11. The summed E-state index contributed by atoms with van der Waals surface area (Å²) in [6.07, 6.45) is 2.39. The summed E-state index contributed by atoms with van der Waals surface area (Å²) in [5.74, 6) is 0.801. The minimum absolute atomic E-state index is 0.244. The molecule has 0 saturated carbocycles. The number of nitrogens with one attached hydrogen (secondary N) is 1. The molecule has 2 rings (SSSR count). The lowest BCUT2D eigenvalue weighted by Crippen LogP contribution is -2.23. The number of thioether (sulfide) groups is 1. The molecule has 3 N–H and O–H groups in total. The molecule has 0 amide bonds. The van der Waals surface area contributed by atoms with E-state index in [1.165, 1.54) is 6.07 Å². The van der Waals surface area contributed by atoms with Gasteiger partial charge in [0.05, 0.1) is 11.0 Å². The highest BCUT2D eigenvalue weighted by atomic mass is 32.2. The first-order valence-corrected chi connectivity index (χ1v) is 9.13. The van der Waals surface area contributed by atoms with E-state index in [2.05, 4.69) is 4.72 Å². The third-order valence-electron chi connectivity index (χ3n) is 3.08. The molecule has 0 aliphatic carbocycles. The molecule has 1 aromatic carbocycles. The molecule has 1 heterocycles. The van der Waals surface area contributed by atoms with Crippen LogP contribution < -0.4 is 10.5 Å². The van der Waals surface area contributed by atoms with Crippen LogP contribution in [0.15, 0.2) is 28.0 Å². The minimum Gasteiger partial charge on any atom is -0.398 e. The van der Waals surface area contributed by atoms with Gasteiger partial charge in [-0.2, -0.15) is 0 Å². The van der Waals surface area contributed by atoms with Gasteiger partial charge in [-0.1, -0.05) is 6.92 Å². The molecule has 0 radical (unpaired) electrons. The van der Waals surface area contributed by atoms with E-state index in [1.54, 1.807) is 30.8 Å². The Kier molecular flexibility index (Phi) is 5.31. The van der Waals surface area contributed by atoms with Crippen LogP contribution in [-0.2, 0) is 14.8 Å². The molecular weight excluding hydrogens is 296 g/mol. The van der Waals surface area contributed by atoms with Crippen LogP contribution in [0, 0.1) is 0 Å². The standard InChI is InChI=1S/C13H20N2O3S2/c1-2-15-20(16,17)11-5-6-12(14)13(8-11)19-9-10-4-3-7-18-10/h5-6,8,10,15H,2-4,7,9,14H2,1H3. The number of anilines is 1. The van der Waals surface area contributed by atoms with Crippen LogP contribution in [-0.4, -0.2) is 33.4 Å². The quantitative estimate of drug-likeness (QED) is 0.618. The molecule has 7 heteroatoms. The van der Waals surface area contributed by atoms with Crippen LogP contribution in [0.25, 0.3) is 0 Å². The van der Waals surface area contributed by atoms with Crippen LogP contribution in [0.1, 0.15) is 19.8 Å². The first kappa shape index (κ1) is 15.6. The summed E-state index contributed by atoms with van der Waals surface area (Å²) >= 11 is 1.55. The Morgan fingerprint density at radius 3 is 2.95 bits per heavy atom. The maximum atomic E-state index is 12.0. The normalized spacial score (nSPS) is 19.4. The van der Waals surface area contributed by atoms with E-state index >= 15 is 0 Å². The van der Waals surface area contributed by atoms with Crippen molar-refractivity contribution >= 4 is 27.5 Å². The van der Waals surface area contributed by atoms with Gasteiger partial charge in [0, 0.05) is 29.5 Å². The van der Waals surface area contributed by atoms with Crippen molar-refractivity contribution in [2.45, 2.75) is 35.7 Å². The van der Waals surface area contributed by atoms with E-state index in [4.69, 9.17) is 10.5 Å². The number of ether oxygens (including phenoxy) is 1. The average Bonchev–Trinajstić information content (AvgIpc) is 2.90. The lowest BCUT2D eigenvalue weighted by atomic mass is 10.3. The summed E-state index contributed by atoms with van der Waals surface area (Å²) in [4.78, 5) is 1.04. The van der Waals surface area contributed by atoms with Gasteiger partial charge in [-0.15, -0.1) is 11.8 Å². The van der Waals surface area contributed by atoms with Gasteiger partial charge in [0.25, 0.3) is 0 Å². The molecule has 1 aromatic rings. The summed E-state index contributed by atoms with van der Waals surface area (Å²) in [6, 6.07) is 4.80. The zero-order valence-electron chi connectivity index (χ0n) is 11.5. The maximum absolute atomic E-state index is 12.0. The number of sulfonamides is 1. The Labute approximate surface area is 124 Å². The first-order chi connectivity index (χ1) is 9.53. The molecule has 1 fully saturated rings. The van der Waals surface area contributed by atoms with Crippen molar-refractivity contribution in [2.24, 2.45) is 0 Å². The topological polar surface area (TPSA) is 81.4 Å². The minimum atomic E-state index is -3.44. The average molecular weight is 316 g/mol. The molecule has 1 aliphatic heterocycles. The van der Waals surface area contributed by atoms with E-state index in [1.807, 2.05) is 0 Å². The van der Waals surface area contributed by atoms with Gasteiger partial charge in [-0.25, -0.2) is 13.1 Å². The largest absolute Gasteiger partial charge is 0.398 e. The van der Waals surface area contributed by atoms with Crippen LogP contribution in [0.2, 0.25) is 0 Å². The second-order valence-corrected chi connectivity index (χ2v) is 7.48. The summed E-state index contributed by atoms with van der Waals surface area (Å²) in [5.41, 5.74) is 6.51. The number of nitrogen functional groups attached to an aromatic ring is 1. The van der Waals surface area contributed by atoms with E-state index in [9.17, 15) is 8.42 Å². The fraction of sp³-hybridized carbons (Fsp3) is 0.538. The summed E-state index contributed by atoms with van der Waals surface area (Å²) < 4.78 is 32.0. The third-order valence-corrected chi connectivity index (χ3v) is 5.82. The summed E-state index contributed by atoms with van der Waals surface area (Å²) in [5, 5.41) is 0. The van der Waals surface area contributed by atoms with E-state index < -0.39 is 10.0 Å². The molecule has 0 spiro atoms. The Morgan fingerprint density at radius 2 is 2.30 bits per heavy atom. The fourth-order valence-electron chi connectivity index (χ4n) is 2.04. The molecule has 0 aromatic heterocycles. The van der Waals surface area contributed by atoms with Crippen molar-refractivity contribution in [2.75, 3.05) is 24.6 Å². The zero-order valence-corrected chi connectivity index (χ0v) is 13.1. The van der Waals surface area contributed by atoms with Gasteiger partial charge in [0.15, 0.2) is 0 Å². The second-order valence-electron chi connectivity index (χ2n) is 4.65. The fourth-order valence-corrected chi connectivity index (χ4v) is 4.25. The summed E-state index contributed by atoms with van der Waals surface area (Å²) in [6.45, 7) is 2.93. The smallest absolute Gasteiger partial charge is 0.240 e. The number of rotatable bonds is 6. The van der Waals surface area contributed by atoms with Gasteiger partial charge in [-0.3, -0.25) is 0 Å². The van der Waals surface area contributed by atoms with Gasteiger partial charge in [-0.05, 0) is 31.0 Å². The van der Waals surface area contributed by atoms with Crippen molar-refractivity contribution in [3.63, 3.8) is 0 Å². The predicted molar refractivity (Wildman–Crippen MR) is 81.4 cm³/mol. The lowest BCUT2D eigenvalue weighted by molar-refractivity contribution is 0.129. The van der Waals surface area contributed by atoms with Gasteiger partial charge >= 0.3 is 0 Å². The monoisotopic (exact) mass is 316 g/mol. The van der Waals surface area contributed by atoms with Crippen molar-refractivity contribution in [1.29, 1.82) is 0 Å². The maximum Gasteiger partial charge on any atom is 0.240 e. The van der Waals surface area contributed by atoms with Crippen LogP contribution in [0.4, 0.5) is 5.69 Å². The SMILES string of the molecule is CCNS(=O)(=O)c1ccc(N)c(SCC2CCCO2)c1. The third kappa shape index (κ3) is 3.88. The molecule has 0 bridgehead atoms. The van der Waals surface area contributed by atoms with Crippen molar-refractivity contribution < 1.29 is 13.2 Å². The van der Waals surface area contributed by atoms with Crippen LogP contribution in [0.3, 0.4) is 0 Å². The number of hydrogen-bond acceptors (Lipinski definition) is 5. The molecule has 20 heavy (non-hydrogen) atoms. The van der Waals surface area contributed by atoms with Crippen molar-refractivity contribution in [3.05, 3.63) is 18.2 Å². The molecule has 5 nitrogen and oxygen atoms in total. The van der Waals surface area contributed by atoms with Gasteiger partial charge in [0.2, 0.25) is 10.0 Å². The van der Waals surface area contributed by atoms with Crippen LogP contribution in [0.5, 0.6) is 0 Å². The van der Waals surface area contributed by atoms with Crippen molar-refractivity contribution in [3.8, 4) is 0 Å². The highest BCUT2D eigenvalue weighted by molar-refractivity contribution is 7.99. The zero-order chi connectivity index (χ0) is 14.6. The second kappa shape index (κ2) is 6.80. The highest BCUT2D eigenvalue weighted by Crippen LogP contribution is 2.30.